The summed E-state index contributed by atoms with van der Waals surface area (Å²) in [5, 5.41) is 11.7. The van der Waals surface area contributed by atoms with E-state index in [1.54, 1.807) is 18.0 Å². The zero-order chi connectivity index (χ0) is 26.2. The molecule has 0 spiro atoms. The predicted molar refractivity (Wildman–Crippen MR) is 144 cm³/mol. The third kappa shape index (κ3) is 5.05. The number of nitrogens with two attached hydrogens (primary N) is 1. The number of rotatable bonds is 6. The standard InChI is InChI=1S/C25H25ClN6O4S2/c1-13-19(8-15(26)9-28-13)38-24-22(33-2)20(32-10-16(30-31-32)17-12-37-25(27)29-17)21-18(35-24)11-34-23(36-21)14-6-4-3-5-7-14/h3-10,12,18,20-24H,11H2,1-2H3,(H2,27,29)/t18?,20?,21-,22?,23?,24+/m0/s1. The van der Waals surface area contributed by atoms with Crippen molar-refractivity contribution in [2.24, 2.45) is 0 Å². The molecule has 0 bridgehead atoms. The molecule has 1 aromatic carbocycles. The molecule has 6 rings (SSSR count). The quantitative estimate of drug-likeness (QED) is 0.353. The van der Waals surface area contributed by atoms with Gasteiger partial charge in [0, 0.05) is 29.1 Å². The van der Waals surface area contributed by atoms with Crippen LogP contribution in [0.4, 0.5) is 5.13 Å². The Morgan fingerprint density at radius 3 is 2.82 bits per heavy atom. The average molecular weight is 573 g/mol. The summed E-state index contributed by atoms with van der Waals surface area (Å²) in [4.78, 5) is 9.65. The molecule has 0 saturated carbocycles. The van der Waals surface area contributed by atoms with E-state index in [4.69, 9.17) is 36.3 Å². The maximum absolute atomic E-state index is 6.55. The van der Waals surface area contributed by atoms with Crippen molar-refractivity contribution in [1.82, 2.24) is 25.0 Å². The minimum absolute atomic E-state index is 0.338. The Hall–Kier alpha value is -2.58. The van der Waals surface area contributed by atoms with Crippen LogP contribution < -0.4 is 5.73 Å². The second-order valence-corrected chi connectivity index (χ2v) is 11.4. The number of aryl methyl sites for hydroxylation is 1. The molecule has 0 radical (unpaired) electrons. The first-order valence-electron chi connectivity index (χ1n) is 11.9. The van der Waals surface area contributed by atoms with E-state index in [0.29, 0.717) is 28.1 Å². The molecule has 4 aromatic rings. The van der Waals surface area contributed by atoms with E-state index < -0.39 is 23.9 Å². The van der Waals surface area contributed by atoms with Gasteiger partial charge in [0.15, 0.2) is 11.4 Å². The van der Waals surface area contributed by atoms with Crippen molar-refractivity contribution in [2.75, 3.05) is 19.5 Å². The Kier molecular flexibility index (Phi) is 7.36. The molecule has 0 aliphatic carbocycles. The van der Waals surface area contributed by atoms with Crippen LogP contribution in [-0.2, 0) is 18.9 Å². The molecule has 198 valence electrons. The van der Waals surface area contributed by atoms with Gasteiger partial charge in [0.05, 0.1) is 23.5 Å². The van der Waals surface area contributed by atoms with Gasteiger partial charge in [-0.15, -0.1) is 16.4 Å². The van der Waals surface area contributed by atoms with Gasteiger partial charge in [-0.05, 0) is 13.0 Å². The van der Waals surface area contributed by atoms with E-state index in [1.807, 2.05) is 54.9 Å². The SMILES string of the molecule is COC1C(n2cc(-c3csc(N)n3)nn2)[C@H]2OC(c3ccccc3)OCC2O[C@@H]1Sc1cc(Cl)cnc1C. The van der Waals surface area contributed by atoms with Crippen molar-refractivity contribution in [1.29, 1.82) is 0 Å². The second-order valence-electron chi connectivity index (χ2n) is 8.92. The monoisotopic (exact) mass is 572 g/mol. The van der Waals surface area contributed by atoms with Gasteiger partial charge < -0.3 is 24.7 Å². The third-order valence-corrected chi connectivity index (χ3v) is 8.66. The van der Waals surface area contributed by atoms with Crippen LogP contribution >= 0.6 is 34.7 Å². The van der Waals surface area contributed by atoms with Gasteiger partial charge in [0.25, 0.3) is 0 Å². The lowest BCUT2D eigenvalue weighted by atomic mass is 9.95. The number of hydrogen-bond acceptors (Lipinski definition) is 11. The van der Waals surface area contributed by atoms with Crippen molar-refractivity contribution >= 4 is 39.8 Å². The van der Waals surface area contributed by atoms with Crippen LogP contribution in [0.15, 0.2) is 59.1 Å². The number of nitrogen functional groups attached to an aromatic ring is 1. The lowest BCUT2D eigenvalue weighted by Crippen LogP contribution is -2.59. The second kappa shape index (κ2) is 10.9. The van der Waals surface area contributed by atoms with Crippen LogP contribution in [-0.4, -0.2) is 62.4 Å². The number of methoxy groups -OCH3 is 1. The maximum Gasteiger partial charge on any atom is 0.184 e. The number of aromatic nitrogens is 5. The van der Waals surface area contributed by atoms with Gasteiger partial charge in [-0.25, -0.2) is 9.67 Å². The Morgan fingerprint density at radius 1 is 1.21 bits per heavy atom. The largest absolute Gasteiger partial charge is 0.375 e. The van der Waals surface area contributed by atoms with Crippen LogP contribution in [0.3, 0.4) is 0 Å². The first-order chi connectivity index (χ1) is 18.5. The number of hydrogen-bond donors (Lipinski definition) is 1. The molecular weight excluding hydrogens is 548 g/mol. The van der Waals surface area contributed by atoms with E-state index in [0.717, 1.165) is 16.2 Å². The highest BCUT2D eigenvalue weighted by Gasteiger charge is 2.52. The van der Waals surface area contributed by atoms with E-state index in [2.05, 4.69) is 20.3 Å². The van der Waals surface area contributed by atoms with Gasteiger partial charge in [0.2, 0.25) is 0 Å². The molecule has 38 heavy (non-hydrogen) atoms. The Morgan fingerprint density at radius 2 is 2.05 bits per heavy atom. The molecule has 3 aromatic heterocycles. The van der Waals surface area contributed by atoms with E-state index in [-0.39, 0.29) is 12.1 Å². The summed E-state index contributed by atoms with van der Waals surface area (Å²) < 4.78 is 27.1. The lowest BCUT2D eigenvalue weighted by Gasteiger charge is -2.48. The number of thiazole rings is 1. The number of benzene rings is 1. The number of halogens is 1. The fourth-order valence-corrected chi connectivity index (χ4v) is 6.72. The highest BCUT2D eigenvalue weighted by Crippen LogP contribution is 2.45. The molecule has 4 unspecified atom stereocenters. The Bertz CT molecular complexity index is 1410. The fourth-order valence-electron chi connectivity index (χ4n) is 4.67. The summed E-state index contributed by atoms with van der Waals surface area (Å²) in [6.45, 7) is 2.27. The normalized spacial score (nSPS) is 27.2. The van der Waals surface area contributed by atoms with Crippen molar-refractivity contribution in [3.05, 3.63) is 70.5 Å². The smallest absolute Gasteiger partial charge is 0.184 e. The predicted octanol–water partition coefficient (Wildman–Crippen LogP) is 4.53. The van der Waals surface area contributed by atoms with Crippen molar-refractivity contribution in [3.63, 3.8) is 0 Å². The molecule has 2 saturated heterocycles. The van der Waals surface area contributed by atoms with E-state index in [1.165, 1.54) is 23.1 Å². The number of ether oxygens (including phenoxy) is 4. The minimum atomic E-state index is -0.550. The zero-order valence-electron chi connectivity index (χ0n) is 20.5. The summed E-state index contributed by atoms with van der Waals surface area (Å²) >= 11 is 9.11. The topological polar surface area (TPSA) is 119 Å². The molecule has 13 heteroatoms. The molecule has 2 fully saturated rings. The highest BCUT2D eigenvalue weighted by atomic mass is 35.5. The fraction of sp³-hybridized carbons (Fsp3) is 0.360. The molecule has 2 aliphatic heterocycles. The highest BCUT2D eigenvalue weighted by molar-refractivity contribution is 7.99. The van der Waals surface area contributed by atoms with Gasteiger partial charge in [-0.2, -0.15) is 0 Å². The molecule has 0 amide bonds. The van der Waals surface area contributed by atoms with Crippen LogP contribution in [0.25, 0.3) is 11.4 Å². The first kappa shape index (κ1) is 25.7. The number of nitrogens with zero attached hydrogens (tertiary/aromatic N) is 5. The molecule has 2 N–H and O–H groups in total. The number of pyridine rings is 1. The molecular formula is C25H25ClN6O4S2. The summed E-state index contributed by atoms with van der Waals surface area (Å²) in [7, 11) is 1.66. The number of fused-ring (bicyclic) bond motifs is 1. The number of thioether (sulfide) groups is 1. The zero-order valence-corrected chi connectivity index (χ0v) is 22.9. The van der Waals surface area contributed by atoms with Crippen LogP contribution in [0.2, 0.25) is 5.02 Å². The van der Waals surface area contributed by atoms with Gasteiger partial charge in [0.1, 0.15) is 41.2 Å². The van der Waals surface area contributed by atoms with Gasteiger partial charge >= 0.3 is 0 Å². The Balaban J connectivity index is 1.36. The first-order valence-corrected chi connectivity index (χ1v) is 14.1. The minimum Gasteiger partial charge on any atom is -0.375 e. The third-order valence-electron chi connectivity index (χ3n) is 6.50. The number of anilines is 1. The van der Waals surface area contributed by atoms with Crippen LogP contribution in [0.5, 0.6) is 0 Å². The van der Waals surface area contributed by atoms with Crippen molar-refractivity contribution in [2.45, 2.75) is 47.9 Å². The maximum atomic E-state index is 6.55. The summed E-state index contributed by atoms with van der Waals surface area (Å²) in [5.74, 6) is 0. The summed E-state index contributed by atoms with van der Waals surface area (Å²) in [5.41, 5.74) is 8.47. The Labute approximate surface area is 232 Å². The van der Waals surface area contributed by atoms with Crippen LogP contribution in [0.1, 0.15) is 23.6 Å². The summed E-state index contributed by atoms with van der Waals surface area (Å²) in [6.07, 6.45) is 1.67. The van der Waals surface area contributed by atoms with Crippen molar-refractivity contribution < 1.29 is 18.9 Å². The van der Waals surface area contributed by atoms with Gasteiger partial charge in [-0.3, -0.25) is 4.98 Å². The molecule has 5 heterocycles. The van der Waals surface area contributed by atoms with Crippen LogP contribution in [0, 0.1) is 6.92 Å². The van der Waals surface area contributed by atoms with E-state index in [9.17, 15) is 0 Å². The molecule has 10 nitrogen and oxygen atoms in total. The summed E-state index contributed by atoms with van der Waals surface area (Å²) in [6, 6.07) is 11.3. The van der Waals surface area contributed by atoms with Gasteiger partial charge in [-0.1, -0.05) is 58.9 Å². The molecule has 2 aliphatic rings. The van der Waals surface area contributed by atoms with Crippen molar-refractivity contribution in [3.8, 4) is 11.4 Å². The molecule has 6 atom stereocenters. The lowest BCUT2D eigenvalue weighted by molar-refractivity contribution is -0.308. The van der Waals surface area contributed by atoms with E-state index >= 15 is 0 Å². The average Bonchev–Trinajstić information content (AvgIpc) is 3.59.